The predicted octanol–water partition coefficient (Wildman–Crippen LogP) is -5.42. The Morgan fingerprint density at radius 2 is 0.375 bits per heavy atom. The zero-order valence-corrected chi connectivity index (χ0v) is 23.0. The smallest absolute Gasteiger partial charge is 0.512 e. The van der Waals surface area contributed by atoms with Crippen molar-refractivity contribution in [2.24, 2.45) is 0 Å². The van der Waals surface area contributed by atoms with Gasteiger partial charge in [0.2, 0.25) is 0 Å². The van der Waals surface area contributed by atoms with Gasteiger partial charge in [-0.2, -0.15) is 0 Å². The molecule has 0 bridgehead atoms. The van der Waals surface area contributed by atoms with Crippen molar-refractivity contribution in [3.05, 3.63) is 39.4 Å². The second-order valence-corrected chi connectivity index (χ2v) is 0. The van der Waals surface area contributed by atoms with E-state index in [0.29, 0.717) is 0 Å². The molecule has 0 atom stereocenters. The summed E-state index contributed by atoms with van der Waals surface area (Å²) < 4.78 is 0. The van der Waals surface area contributed by atoms with Crippen molar-refractivity contribution < 1.29 is 171 Å². The van der Waals surface area contributed by atoms with Crippen LogP contribution in [0, 0.1) is 71.0 Å². The molecule has 6 nitrogen and oxygen atoms in total. The van der Waals surface area contributed by atoms with E-state index in [9.17, 15) is 0 Å². The van der Waals surface area contributed by atoms with Crippen LogP contribution < -0.4 is 138 Å². The van der Waals surface area contributed by atoms with E-state index in [2.05, 4.69) is 0 Å². The Morgan fingerprint density at radius 3 is 0.375 bits per heavy atom. The Kier molecular flexibility index (Phi) is 5260. The van der Waals surface area contributed by atoms with Crippen LogP contribution in [0.2, 0.25) is 0 Å². The normalized spacial score (nSPS) is 0.750. The van der Waals surface area contributed by atoms with E-state index in [-0.39, 0.29) is 171 Å². The summed E-state index contributed by atoms with van der Waals surface area (Å²) in [6, 6.07) is 0. The van der Waals surface area contributed by atoms with Crippen molar-refractivity contribution in [2.75, 3.05) is 0 Å². The van der Waals surface area contributed by atoms with E-state index < -0.39 is 0 Å². The summed E-state index contributed by atoms with van der Waals surface area (Å²) in [5, 5.41) is 37.5. The number of rotatable bonds is 0. The minimum Gasteiger partial charge on any atom is -0.512 e. The Labute approximate surface area is 235 Å². The van der Waals surface area contributed by atoms with E-state index in [1.165, 1.54) is 0 Å². The molecule has 0 heterocycles. The number of hydrogen-bond acceptors (Lipinski definition) is 6. The molecule has 0 aliphatic rings. The average Bonchev–Trinajstić information content (AvgIpc) is 2.33. The molecule has 0 N–H and O–H groups in total. The predicted molar refractivity (Wildman–Crippen MR) is 29.8 cm³/mol. The molecule has 0 unspecified atom stereocenters. The van der Waals surface area contributed by atoms with E-state index in [4.69, 9.17) is 71.0 Å². The molecule has 0 rings (SSSR count). The fraction of sp³-hybridized carbons (Fsp3) is 0. The van der Waals surface area contributed by atoms with Crippen LogP contribution in [0.1, 0.15) is 0 Å². The molecule has 0 aromatic heterocycles. The van der Waals surface area contributed by atoms with Gasteiger partial charge in [0, 0.05) is 0 Å². The summed E-state index contributed by atoms with van der Waals surface area (Å²) in [5.74, 6) is 0. The standard InChI is InChI=1S/6CN.2Cs.Fe.Ni/c6*1-2;;;;/q6*-1;2*+1;2*+2. The molecular weight excluding hydrogens is 536 g/mol. The van der Waals surface area contributed by atoms with Gasteiger partial charge < -0.3 is 71.0 Å². The van der Waals surface area contributed by atoms with Gasteiger partial charge in [-0.1, -0.05) is 0 Å². The zero-order valence-electron chi connectivity index (χ0n) is 8.35. The number of hydrogen-bond donors (Lipinski definition) is 0. The molecule has 16 heavy (non-hydrogen) atoms. The van der Waals surface area contributed by atoms with Crippen molar-refractivity contribution >= 4 is 0 Å². The van der Waals surface area contributed by atoms with Crippen LogP contribution in [0.4, 0.5) is 0 Å². The van der Waals surface area contributed by atoms with Gasteiger partial charge in [-0.15, -0.1) is 0 Å². The molecular formula is C6Cs2FeN6Ni. The summed E-state index contributed by atoms with van der Waals surface area (Å²) in [6.07, 6.45) is 0. The van der Waals surface area contributed by atoms with Crippen molar-refractivity contribution in [3.63, 3.8) is 0 Å². The molecule has 0 amide bonds. The molecule has 0 spiro atoms. The maximum Gasteiger partial charge on any atom is 2.00 e. The van der Waals surface area contributed by atoms with Gasteiger partial charge in [0.25, 0.3) is 0 Å². The topological polar surface area (TPSA) is 143 Å². The average molecular weight is 536 g/mol. The van der Waals surface area contributed by atoms with Crippen LogP contribution in [0.15, 0.2) is 0 Å². The monoisotopic (exact) mass is 536 g/mol. The van der Waals surface area contributed by atoms with Gasteiger partial charge in [0.1, 0.15) is 0 Å². The Balaban J connectivity index is -0.00000000321. The zero-order chi connectivity index (χ0) is 12.0. The van der Waals surface area contributed by atoms with E-state index in [1.54, 1.807) is 0 Å². The summed E-state index contributed by atoms with van der Waals surface area (Å²) in [7, 11) is 0. The molecule has 0 aromatic carbocycles. The minimum atomic E-state index is 0. The number of nitrogens with zero attached hydrogens (tertiary/aromatic N) is 6. The Morgan fingerprint density at radius 1 is 0.375 bits per heavy atom. The first kappa shape index (κ1) is 80.9. The molecule has 0 saturated heterocycles. The van der Waals surface area contributed by atoms with Crippen LogP contribution in [0.25, 0.3) is 0 Å². The van der Waals surface area contributed by atoms with Crippen molar-refractivity contribution in [3.8, 4) is 0 Å². The van der Waals surface area contributed by atoms with Crippen molar-refractivity contribution in [1.82, 2.24) is 0 Å². The summed E-state index contributed by atoms with van der Waals surface area (Å²) in [5.41, 5.74) is 0. The van der Waals surface area contributed by atoms with Crippen LogP contribution in [0.3, 0.4) is 0 Å². The van der Waals surface area contributed by atoms with Gasteiger partial charge in [-0.3, -0.25) is 0 Å². The molecule has 10 heteroatoms. The summed E-state index contributed by atoms with van der Waals surface area (Å²) >= 11 is 0. The van der Waals surface area contributed by atoms with E-state index in [0.717, 1.165) is 0 Å². The first-order valence-electron chi connectivity index (χ1n) is 1.34. The van der Waals surface area contributed by atoms with Crippen LogP contribution in [0.5, 0.6) is 0 Å². The fourth-order valence-electron chi connectivity index (χ4n) is 0. The van der Waals surface area contributed by atoms with E-state index >= 15 is 0 Å². The molecule has 0 aliphatic carbocycles. The van der Waals surface area contributed by atoms with Gasteiger partial charge in [0.05, 0.1) is 0 Å². The second-order valence-electron chi connectivity index (χ2n) is 0. The molecule has 0 saturated carbocycles. The van der Waals surface area contributed by atoms with Gasteiger partial charge in [-0.25, -0.2) is 0 Å². The van der Waals surface area contributed by atoms with Gasteiger partial charge in [0.15, 0.2) is 0 Å². The molecule has 0 aliphatic heterocycles. The summed E-state index contributed by atoms with van der Waals surface area (Å²) in [4.78, 5) is 0. The molecule has 0 aromatic rings. The summed E-state index contributed by atoms with van der Waals surface area (Å²) in [6.45, 7) is 28.5. The SMILES string of the molecule is [C-]#N.[C-]#N.[C-]#N.[C-]#N.[C-]#N.[C-]#N.[Cs+].[Cs+].[Fe+2].[Ni+2]. The van der Waals surface area contributed by atoms with Crippen molar-refractivity contribution in [1.29, 1.82) is 31.6 Å². The largest absolute Gasteiger partial charge is 2.00 e. The minimum absolute atomic E-state index is 0. The first-order chi connectivity index (χ1) is 6.00. The van der Waals surface area contributed by atoms with Gasteiger partial charge >= 0.3 is 171 Å². The molecule has 0 fully saturated rings. The molecule has 74 valence electrons. The third-order valence-corrected chi connectivity index (χ3v) is 0. The Bertz CT molecular complexity index is 106. The van der Waals surface area contributed by atoms with Gasteiger partial charge in [-0.05, 0) is 0 Å². The fourth-order valence-corrected chi connectivity index (χ4v) is 0. The van der Waals surface area contributed by atoms with Crippen molar-refractivity contribution in [2.45, 2.75) is 0 Å². The maximum absolute atomic E-state index is 6.25. The third-order valence-electron chi connectivity index (χ3n) is 0. The van der Waals surface area contributed by atoms with Crippen LogP contribution >= 0.6 is 0 Å². The second kappa shape index (κ2) is 1040. The first-order valence-corrected chi connectivity index (χ1v) is 1.34. The molecule has 0 radical (unpaired) electrons. The maximum atomic E-state index is 6.25. The van der Waals surface area contributed by atoms with E-state index in [1.807, 2.05) is 0 Å². The quantitative estimate of drug-likeness (QED) is 0.224. The Hall–Kier alpha value is 2.06. The third kappa shape index (κ3) is 860. The van der Waals surface area contributed by atoms with Crippen LogP contribution in [-0.2, 0) is 33.6 Å². The van der Waals surface area contributed by atoms with Crippen LogP contribution in [-0.4, -0.2) is 0 Å².